The number of halogens is 1. The Morgan fingerprint density at radius 3 is 2.53 bits per heavy atom. The van der Waals surface area contributed by atoms with Gasteiger partial charge in [0.15, 0.2) is 0 Å². The number of nitrogens with one attached hydrogen (secondary N) is 1. The second-order valence-corrected chi connectivity index (χ2v) is 9.04. The number of anilines is 2. The van der Waals surface area contributed by atoms with E-state index in [2.05, 4.69) is 36.1 Å². The highest BCUT2D eigenvalue weighted by molar-refractivity contribution is 5.89. The van der Waals surface area contributed by atoms with Crippen LogP contribution in [0, 0.1) is 17.7 Å². The maximum atomic E-state index is 13.1. The zero-order valence-corrected chi connectivity index (χ0v) is 18.8. The summed E-state index contributed by atoms with van der Waals surface area (Å²) in [4.78, 5) is 22.8. The first-order chi connectivity index (χ1) is 15.4. The molecule has 1 aromatic carbocycles. The van der Waals surface area contributed by atoms with Crippen molar-refractivity contribution in [2.45, 2.75) is 64.6 Å². The number of aromatic nitrogens is 2. The van der Waals surface area contributed by atoms with Gasteiger partial charge in [0.1, 0.15) is 24.0 Å². The minimum atomic E-state index is -0.360. The topological polar surface area (TPSA) is 76.6 Å². The molecule has 4 rings (SSSR count). The number of carbonyl (C=O) groups is 1. The number of carbonyl (C=O) groups excluding carboxylic acids is 1. The van der Waals surface area contributed by atoms with Crippen LogP contribution < -0.4 is 15.0 Å². The number of hydrogen-bond acceptors (Lipinski definition) is 6. The minimum Gasteiger partial charge on any atom is -0.490 e. The lowest BCUT2D eigenvalue weighted by molar-refractivity contribution is 0.126. The van der Waals surface area contributed by atoms with Crippen molar-refractivity contribution in [2.24, 2.45) is 11.8 Å². The average Bonchev–Trinajstić information content (AvgIpc) is 3.18. The van der Waals surface area contributed by atoms with Crippen molar-refractivity contribution in [3.8, 4) is 5.75 Å². The Balaban J connectivity index is 1.32. The maximum Gasteiger partial charge on any atom is 0.415 e. The van der Waals surface area contributed by atoms with Crippen molar-refractivity contribution >= 4 is 17.9 Å². The lowest BCUT2D eigenvalue weighted by Crippen LogP contribution is -2.38. The first kappa shape index (κ1) is 22.3. The van der Waals surface area contributed by atoms with E-state index in [9.17, 15) is 9.18 Å². The summed E-state index contributed by atoms with van der Waals surface area (Å²) in [5.41, 5.74) is 0. The van der Waals surface area contributed by atoms with Crippen LogP contribution >= 0.6 is 0 Å². The number of cyclic esters (lactones) is 1. The van der Waals surface area contributed by atoms with Gasteiger partial charge in [-0.15, -0.1) is 0 Å². The molecule has 0 bridgehead atoms. The van der Waals surface area contributed by atoms with Gasteiger partial charge in [-0.1, -0.05) is 13.8 Å². The van der Waals surface area contributed by atoms with E-state index in [0.29, 0.717) is 30.0 Å². The molecule has 0 spiro atoms. The van der Waals surface area contributed by atoms with Crippen molar-refractivity contribution < 1.29 is 18.7 Å². The number of ether oxygens (including phenoxy) is 2. The highest BCUT2D eigenvalue weighted by atomic mass is 19.1. The minimum absolute atomic E-state index is 0.0286. The summed E-state index contributed by atoms with van der Waals surface area (Å²) in [6.07, 6.45) is 5.41. The van der Waals surface area contributed by atoms with Crippen molar-refractivity contribution in [3.05, 3.63) is 42.3 Å². The standard InChI is InChI=1S/C24H31FN4O3/c1-15(2)21-14-31-24(30)29(21)22-12-13-26-23(28-22)27-16(3)17-4-8-19(9-5-17)32-20-10-6-18(25)7-11-20/h6-7,10-13,15-17,19,21H,4-5,8-9,14H2,1-3H3,(H,26,27,28)/t16-,17?,19?,21?/m0/s1. The number of hydrogen-bond donors (Lipinski definition) is 1. The largest absolute Gasteiger partial charge is 0.490 e. The molecule has 1 N–H and O–H groups in total. The zero-order valence-electron chi connectivity index (χ0n) is 18.8. The van der Waals surface area contributed by atoms with Crippen LogP contribution in [0.15, 0.2) is 36.5 Å². The van der Waals surface area contributed by atoms with Crippen molar-refractivity contribution in [1.29, 1.82) is 0 Å². The molecule has 7 nitrogen and oxygen atoms in total. The summed E-state index contributed by atoms with van der Waals surface area (Å²) in [5.74, 6) is 2.27. The van der Waals surface area contributed by atoms with E-state index in [1.165, 1.54) is 12.1 Å². The molecule has 2 atom stereocenters. The van der Waals surface area contributed by atoms with E-state index in [4.69, 9.17) is 9.47 Å². The highest BCUT2D eigenvalue weighted by Crippen LogP contribution is 2.31. The molecule has 1 saturated heterocycles. The van der Waals surface area contributed by atoms with Crippen LogP contribution in [0.1, 0.15) is 46.5 Å². The van der Waals surface area contributed by atoms with Crippen LogP contribution in [-0.2, 0) is 4.74 Å². The smallest absolute Gasteiger partial charge is 0.415 e. The quantitative estimate of drug-likeness (QED) is 0.648. The number of rotatable bonds is 7. The number of amides is 1. The van der Waals surface area contributed by atoms with E-state index in [-0.39, 0.29) is 36.0 Å². The fraction of sp³-hybridized carbons (Fsp3) is 0.542. The third kappa shape index (κ3) is 5.11. The van der Waals surface area contributed by atoms with Gasteiger partial charge in [-0.05, 0) is 74.8 Å². The van der Waals surface area contributed by atoms with Gasteiger partial charge in [-0.3, -0.25) is 4.90 Å². The maximum absolute atomic E-state index is 13.1. The Morgan fingerprint density at radius 2 is 1.84 bits per heavy atom. The number of nitrogens with zero attached hydrogens (tertiary/aromatic N) is 3. The molecule has 0 radical (unpaired) electrons. The van der Waals surface area contributed by atoms with Crippen LogP contribution in [0.4, 0.5) is 21.0 Å². The van der Waals surface area contributed by atoms with Crippen LogP contribution in [0.2, 0.25) is 0 Å². The third-order valence-corrected chi connectivity index (χ3v) is 6.46. The van der Waals surface area contributed by atoms with Gasteiger partial charge in [0, 0.05) is 12.2 Å². The van der Waals surface area contributed by atoms with Crippen LogP contribution in [-0.4, -0.2) is 40.9 Å². The Kier molecular flexibility index (Phi) is 6.77. The normalized spacial score (nSPS) is 24.3. The Bertz CT molecular complexity index is 916. The fourth-order valence-corrected chi connectivity index (χ4v) is 4.48. The molecule has 2 heterocycles. The van der Waals surface area contributed by atoms with E-state index in [1.54, 1.807) is 29.3 Å². The van der Waals surface area contributed by atoms with Crippen molar-refractivity contribution in [2.75, 3.05) is 16.8 Å². The second-order valence-electron chi connectivity index (χ2n) is 9.04. The molecule has 1 amide bonds. The fourth-order valence-electron chi connectivity index (χ4n) is 4.48. The molecule has 8 heteroatoms. The lowest BCUT2D eigenvalue weighted by atomic mass is 9.83. The predicted molar refractivity (Wildman–Crippen MR) is 120 cm³/mol. The molecule has 1 unspecified atom stereocenters. The molecule has 2 aromatic rings. The van der Waals surface area contributed by atoms with Crippen LogP contribution in [0.25, 0.3) is 0 Å². The van der Waals surface area contributed by atoms with Gasteiger partial charge in [-0.2, -0.15) is 4.98 Å². The predicted octanol–water partition coefficient (Wildman–Crippen LogP) is 5.04. The lowest BCUT2D eigenvalue weighted by Gasteiger charge is -2.33. The molecule has 32 heavy (non-hydrogen) atoms. The average molecular weight is 443 g/mol. The van der Waals surface area contributed by atoms with Crippen LogP contribution in [0.5, 0.6) is 5.75 Å². The van der Waals surface area contributed by atoms with Gasteiger partial charge < -0.3 is 14.8 Å². The summed E-state index contributed by atoms with van der Waals surface area (Å²) in [5, 5.41) is 3.42. The summed E-state index contributed by atoms with van der Waals surface area (Å²) >= 11 is 0. The summed E-state index contributed by atoms with van der Waals surface area (Å²) in [6.45, 7) is 6.65. The summed E-state index contributed by atoms with van der Waals surface area (Å²) < 4.78 is 24.3. The van der Waals surface area contributed by atoms with Gasteiger partial charge in [0.05, 0.1) is 12.1 Å². The molecule has 2 aliphatic rings. The molecule has 1 aromatic heterocycles. The van der Waals surface area contributed by atoms with Gasteiger partial charge >= 0.3 is 6.09 Å². The first-order valence-electron chi connectivity index (χ1n) is 11.4. The van der Waals surface area contributed by atoms with E-state index >= 15 is 0 Å². The van der Waals surface area contributed by atoms with Crippen LogP contribution in [0.3, 0.4) is 0 Å². The molecular formula is C24H31FN4O3. The molecule has 1 aliphatic heterocycles. The van der Waals surface area contributed by atoms with E-state index < -0.39 is 0 Å². The van der Waals surface area contributed by atoms with Gasteiger partial charge in [-0.25, -0.2) is 14.2 Å². The SMILES string of the molecule is CC(C)C1COC(=O)N1c1ccnc(N[C@@H](C)C2CCC(Oc3ccc(F)cc3)CC2)n1. The summed E-state index contributed by atoms with van der Waals surface area (Å²) in [7, 11) is 0. The summed E-state index contributed by atoms with van der Waals surface area (Å²) in [6, 6.07) is 8.10. The van der Waals surface area contributed by atoms with E-state index in [0.717, 1.165) is 25.7 Å². The zero-order chi connectivity index (χ0) is 22.7. The Hall–Kier alpha value is -2.90. The molecule has 1 saturated carbocycles. The first-order valence-corrected chi connectivity index (χ1v) is 11.4. The highest BCUT2D eigenvalue weighted by Gasteiger charge is 2.37. The monoisotopic (exact) mass is 442 g/mol. The van der Waals surface area contributed by atoms with Crippen molar-refractivity contribution in [3.63, 3.8) is 0 Å². The molecule has 1 aliphatic carbocycles. The number of benzene rings is 1. The Labute approximate surface area is 188 Å². The Morgan fingerprint density at radius 1 is 1.12 bits per heavy atom. The van der Waals surface area contributed by atoms with E-state index in [1.807, 2.05) is 0 Å². The molecular weight excluding hydrogens is 411 g/mol. The second kappa shape index (κ2) is 9.71. The van der Waals surface area contributed by atoms with Crippen molar-refractivity contribution in [1.82, 2.24) is 9.97 Å². The van der Waals surface area contributed by atoms with Gasteiger partial charge in [0.2, 0.25) is 5.95 Å². The third-order valence-electron chi connectivity index (χ3n) is 6.46. The molecule has 2 fully saturated rings. The van der Waals surface area contributed by atoms with Gasteiger partial charge in [0.25, 0.3) is 0 Å². The molecule has 172 valence electrons.